The molecule has 0 aliphatic carbocycles. The quantitative estimate of drug-likeness (QED) is 0.572. The third-order valence-corrected chi connectivity index (χ3v) is 4.43. The normalized spacial score (nSPS) is 11.5. The van der Waals surface area contributed by atoms with Gasteiger partial charge in [0.05, 0.1) is 0 Å². The summed E-state index contributed by atoms with van der Waals surface area (Å²) in [6.07, 6.45) is 0. The molecule has 0 radical (unpaired) electrons. The molecule has 3 rings (SSSR count). The fourth-order valence-electron chi connectivity index (χ4n) is 2.64. The molecule has 3 aromatic rings. The van der Waals surface area contributed by atoms with Gasteiger partial charge in [0.1, 0.15) is 5.60 Å². The van der Waals surface area contributed by atoms with Gasteiger partial charge in [0.2, 0.25) is 0 Å². The minimum atomic E-state index is -1.40. The van der Waals surface area contributed by atoms with Crippen molar-refractivity contribution in [2.75, 3.05) is 0 Å². The van der Waals surface area contributed by atoms with E-state index < -0.39 is 5.60 Å². The Kier molecular flexibility index (Phi) is 4.65. The summed E-state index contributed by atoms with van der Waals surface area (Å²) in [5, 5.41) is 13.3. The van der Waals surface area contributed by atoms with Crippen LogP contribution < -0.4 is 0 Å². The summed E-state index contributed by atoms with van der Waals surface area (Å²) >= 11 is 18.4. The Bertz CT molecular complexity index is 734. The van der Waals surface area contributed by atoms with E-state index in [2.05, 4.69) is 0 Å². The minimum absolute atomic E-state index is 0.546. The Morgan fingerprint density at radius 3 is 1.13 bits per heavy atom. The van der Waals surface area contributed by atoms with Crippen molar-refractivity contribution in [3.05, 3.63) is 105 Å². The topological polar surface area (TPSA) is 20.2 Å². The van der Waals surface area contributed by atoms with Crippen molar-refractivity contribution in [2.45, 2.75) is 5.60 Å². The lowest BCUT2D eigenvalue weighted by molar-refractivity contribution is 0.126. The lowest BCUT2D eigenvalue weighted by Gasteiger charge is -2.30. The molecular weight excluding hydrogens is 351 g/mol. The molecule has 0 saturated heterocycles. The Morgan fingerprint density at radius 1 is 0.565 bits per heavy atom. The van der Waals surface area contributed by atoms with Crippen LogP contribution in [0.5, 0.6) is 0 Å². The zero-order chi connectivity index (χ0) is 16.4. The van der Waals surface area contributed by atoms with Gasteiger partial charge in [-0.2, -0.15) is 0 Å². The van der Waals surface area contributed by atoms with Gasteiger partial charge in [-0.15, -0.1) is 0 Å². The smallest absolute Gasteiger partial charge is 0.140 e. The highest BCUT2D eigenvalue weighted by atomic mass is 35.5. The van der Waals surface area contributed by atoms with E-state index in [9.17, 15) is 5.11 Å². The van der Waals surface area contributed by atoms with E-state index in [0.717, 1.165) is 0 Å². The molecule has 116 valence electrons. The first kappa shape index (κ1) is 16.4. The van der Waals surface area contributed by atoms with E-state index >= 15 is 0 Å². The Labute approximate surface area is 150 Å². The summed E-state index contributed by atoms with van der Waals surface area (Å²) in [5.41, 5.74) is 0.541. The third-order valence-electron chi connectivity index (χ3n) is 3.73. The number of rotatable bonds is 3. The summed E-state index contributed by atoms with van der Waals surface area (Å²) in [4.78, 5) is 0. The Balaban J connectivity index is 2.29. The van der Waals surface area contributed by atoms with Crippen molar-refractivity contribution in [3.8, 4) is 0 Å². The molecule has 0 amide bonds. The summed E-state index contributed by atoms with van der Waals surface area (Å²) in [7, 11) is 0. The first-order valence-corrected chi connectivity index (χ1v) is 8.14. The molecule has 0 unspecified atom stereocenters. The zero-order valence-corrected chi connectivity index (χ0v) is 14.3. The molecule has 0 fully saturated rings. The van der Waals surface area contributed by atoms with E-state index in [-0.39, 0.29) is 0 Å². The third kappa shape index (κ3) is 3.24. The molecular formula is C19H13Cl3O. The summed E-state index contributed by atoms with van der Waals surface area (Å²) in [6, 6.07) is 21.4. The van der Waals surface area contributed by atoms with Crippen molar-refractivity contribution >= 4 is 34.8 Å². The van der Waals surface area contributed by atoms with Crippen molar-refractivity contribution in [1.29, 1.82) is 0 Å². The van der Waals surface area contributed by atoms with E-state index in [0.29, 0.717) is 31.8 Å². The fraction of sp³-hybridized carbons (Fsp3) is 0.0526. The highest BCUT2D eigenvalue weighted by molar-refractivity contribution is 6.31. The van der Waals surface area contributed by atoms with Crippen LogP contribution in [0.4, 0.5) is 0 Å². The largest absolute Gasteiger partial charge is 0.376 e. The molecule has 0 aliphatic rings. The maximum absolute atomic E-state index is 11.6. The molecule has 0 aliphatic heterocycles. The SMILES string of the molecule is OC(c1cccc(Cl)c1)(c1cccc(Cl)c1)c1cccc(Cl)c1. The number of aliphatic hydroxyl groups is 1. The number of hydrogen-bond acceptors (Lipinski definition) is 1. The van der Waals surface area contributed by atoms with Crippen molar-refractivity contribution in [1.82, 2.24) is 0 Å². The molecule has 0 saturated carbocycles. The standard InChI is InChI=1S/C19H13Cl3O/c20-16-7-1-4-13(10-16)19(23,14-5-2-8-17(21)11-14)15-6-3-9-18(22)12-15/h1-12,23H. The molecule has 0 bridgehead atoms. The predicted molar refractivity (Wildman–Crippen MR) is 96.5 cm³/mol. The second-order valence-corrected chi connectivity index (χ2v) is 6.55. The first-order valence-electron chi connectivity index (χ1n) is 7.00. The van der Waals surface area contributed by atoms with Gasteiger partial charge in [-0.1, -0.05) is 71.2 Å². The van der Waals surface area contributed by atoms with Gasteiger partial charge in [0.15, 0.2) is 0 Å². The molecule has 0 heterocycles. The molecule has 0 spiro atoms. The van der Waals surface area contributed by atoms with Crippen LogP contribution in [-0.4, -0.2) is 5.11 Å². The number of benzene rings is 3. The molecule has 4 heteroatoms. The van der Waals surface area contributed by atoms with Crippen LogP contribution in [0.1, 0.15) is 16.7 Å². The average molecular weight is 364 g/mol. The van der Waals surface area contributed by atoms with Gasteiger partial charge in [-0.25, -0.2) is 0 Å². The van der Waals surface area contributed by atoms with E-state index in [4.69, 9.17) is 34.8 Å². The number of halogens is 3. The highest BCUT2D eigenvalue weighted by Gasteiger charge is 2.34. The van der Waals surface area contributed by atoms with Crippen molar-refractivity contribution in [2.24, 2.45) is 0 Å². The second kappa shape index (κ2) is 6.54. The van der Waals surface area contributed by atoms with E-state index in [1.807, 2.05) is 18.2 Å². The van der Waals surface area contributed by atoms with Crippen LogP contribution >= 0.6 is 34.8 Å². The molecule has 0 atom stereocenters. The maximum Gasteiger partial charge on any atom is 0.140 e. The summed E-state index contributed by atoms with van der Waals surface area (Å²) in [6.45, 7) is 0. The summed E-state index contributed by atoms with van der Waals surface area (Å²) in [5.74, 6) is 0. The van der Waals surface area contributed by atoms with Crippen LogP contribution in [0.3, 0.4) is 0 Å². The van der Waals surface area contributed by atoms with E-state index in [1.54, 1.807) is 54.6 Å². The van der Waals surface area contributed by atoms with Crippen molar-refractivity contribution in [3.63, 3.8) is 0 Å². The first-order chi connectivity index (χ1) is 11.0. The fourth-order valence-corrected chi connectivity index (χ4v) is 3.21. The van der Waals surface area contributed by atoms with Crippen LogP contribution in [0.25, 0.3) is 0 Å². The predicted octanol–water partition coefficient (Wildman–Crippen LogP) is 5.93. The van der Waals surface area contributed by atoms with Crippen LogP contribution in [0.2, 0.25) is 15.1 Å². The van der Waals surface area contributed by atoms with Crippen molar-refractivity contribution < 1.29 is 5.11 Å². The Hall–Kier alpha value is -1.51. The summed E-state index contributed by atoms with van der Waals surface area (Å²) < 4.78 is 0. The van der Waals surface area contributed by atoms with Crippen LogP contribution in [0, 0.1) is 0 Å². The van der Waals surface area contributed by atoms with Crippen LogP contribution in [-0.2, 0) is 5.60 Å². The van der Waals surface area contributed by atoms with E-state index in [1.165, 1.54) is 0 Å². The molecule has 1 N–H and O–H groups in total. The van der Waals surface area contributed by atoms with Gasteiger partial charge in [0.25, 0.3) is 0 Å². The van der Waals surface area contributed by atoms with Crippen LogP contribution in [0.15, 0.2) is 72.8 Å². The second-order valence-electron chi connectivity index (χ2n) is 5.24. The zero-order valence-electron chi connectivity index (χ0n) is 12.0. The lowest BCUT2D eigenvalue weighted by Crippen LogP contribution is -2.28. The average Bonchev–Trinajstić information content (AvgIpc) is 2.54. The van der Waals surface area contributed by atoms with Gasteiger partial charge in [-0.3, -0.25) is 0 Å². The highest BCUT2D eigenvalue weighted by Crippen LogP contribution is 2.39. The monoisotopic (exact) mass is 362 g/mol. The van der Waals surface area contributed by atoms with Gasteiger partial charge < -0.3 is 5.11 Å². The number of hydrogen-bond donors (Lipinski definition) is 1. The lowest BCUT2D eigenvalue weighted by atomic mass is 9.80. The molecule has 0 aromatic heterocycles. The van der Waals surface area contributed by atoms with Gasteiger partial charge >= 0.3 is 0 Å². The molecule has 23 heavy (non-hydrogen) atoms. The Morgan fingerprint density at radius 2 is 0.870 bits per heavy atom. The van der Waals surface area contributed by atoms with Gasteiger partial charge in [-0.05, 0) is 53.1 Å². The maximum atomic E-state index is 11.6. The van der Waals surface area contributed by atoms with Gasteiger partial charge in [0, 0.05) is 15.1 Å². The minimum Gasteiger partial charge on any atom is -0.376 e. The molecule has 3 aromatic carbocycles. The molecule has 1 nitrogen and oxygen atoms in total.